The van der Waals surface area contributed by atoms with Gasteiger partial charge in [-0.3, -0.25) is 0 Å². The zero-order valence-corrected chi connectivity index (χ0v) is 12.8. The van der Waals surface area contributed by atoms with Crippen LogP contribution in [0, 0.1) is 11.3 Å². The smallest absolute Gasteiger partial charge is 0.211 e. The van der Waals surface area contributed by atoms with Gasteiger partial charge in [0, 0.05) is 16.7 Å². The second-order valence-electron chi connectivity index (χ2n) is 5.06. The summed E-state index contributed by atoms with van der Waals surface area (Å²) in [6.45, 7) is 0. The van der Waals surface area contributed by atoms with Gasteiger partial charge in [0.1, 0.15) is 5.52 Å². The van der Waals surface area contributed by atoms with E-state index in [-0.39, 0.29) is 0 Å². The zero-order valence-electron chi connectivity index (χ0n) is 12.0. The van der Waals surface area contributed by atoms with E-state index in [1.165, 1.54) is 11.8 Å². The van der Waals surface area contributed by atoms with E-state index >= 15 is 0 Å². The molecule has 0 bridgehead atoms. The number of para-hydroxylation sites is 1. The fourth-order valence-corrected chi connectivity index (χ4v) is 3.13. The first kappa shape index (κ1) is 13.7. The maximum Gasteiger partial charge on any atom is 0.211 e. The first-order valence-electron chi connectivity index (χ1n) is 7.06. The first-order chi connectivity index (χ1) is 11.3. The van der Waals surface area contributed by atoms with Gasteiger partial charge in [0.25, 0.3) is 0 Å². The Morgan fingerprint density at radius 2 is 1.87 bits per heavy atom. The summed E-state index contributed by atoms with van der Waals surface area (Å²) in [6.07, 6.45) is 0. The van der Waals surface area contributed by atoms with Gasteiger partial charge in [-0.1, -0.05) is 42.1 Å². The van der Waals surface area contributed by atoms with Crippen molar-refractivity contribution in [3.8, 4) is 6.07 Å². The molecule has 0 unspecified atom stereocenters. The molecule has 110 valence electrons. The third kappa shape index (κ3) is 2.62. The van der Waals surface area contributed by atoms with E-state index in [4.69, 9.17) is 5.26 Å². The molecule has 1 N–H and O–H groups in total. The molecule has 0 aliphatic carbocycles. The van der Waals surface area contributed by atoms with Crippen LogP contribution in [-0.4, -0.2) is 20.2 Å². The molecule has 2 aromatic heterocycles. The van der Waals surface area contributed by atoms with Crippen molar-refractivity contribution in [3.05, 3.63) is 59.7 Å². The van der Waals surface area contributed by atoms with Crippen LogP contribution in [0.1, 0.15) is 11.1 Å². The Hall–Kier alpha value is -2.91. The third-order valence-corrected chi connectivity index (χ3v) is 4.46. The maximum atomic E-state index is 8.81. The molecule has 0 fully saturated rings. The zero-order chi connectivity index (χ0) is 15.6. The van der Waals surface area contributed by atoms with Crippen LogP contribution < -0.4 is 0 Å². The summed E-state index contributed by atoms with van der Waals surface area (Å²) >= 11 is 1.52. The minimum Gasteiger partial charge on any atom is -0.338 e. The van der Waals surface area contributed by atoms with E-state index in [0.29, 0.717) is 10.7 Å². The molecule has 0 aliphatic heterocycles. The number of nitrogens with zero attached hydrogens (tertiary/aromatic N) is 4. The summed E-state index contributed by atoms with van der Waals surface area (Å²) in [4.78, 5) is 7.81. The van der Waals surface area contributed by atoms with Crippen LogP contribution in [0.15, 0.2) is 53.7 Å². The van der Waals surface area contributed by atoms with Crippen molar-refractivity contribution in [3.63, 3.8) is 0 Å². The molecule has 23 heavy (non-hydrogen) atoms. The molecule has 0 amide bonds. The number of nitriles is 1. The van der Waals surface area contributed by atoms with Crippen LogP contribution in [0.25, 0.3) is 22.1 Å². The predicted octanol–water partition coefficient (Wildman–Crippen LogP) is 3.67. The van der Waals surface area contributed by atoms with Crippen LogP contribution in [0.2, 0.25) is 0 Å². The standard InChI is InChI=1S/C17H11N5S/c18-9-11-5-7-12(8-6-11)10-23-17-20-16-15(21-22-17)13-3-1-2-4-14(13)19-16/h1-8H,10H2,(H,19,20,22). The van der Waals surface area contributed by atoms with Crippen molar-refractivity contribution < 1.29 is 0 Å². The highest BCUT2D eigenvalue weighted by atomic mass is 32.2. The van der Waals surface area contributed by atoms with Gasteiger partial charge >= 0.3 is 0 Å². The summed E-state index contributed by atoms with van der Waals surface area (Å²) in [6, 6.07) is 17.6. The Balaban J connectivity index is 1.59. The van der Waals surface area contributed by atoms with Crippen molar-refractivity contribution >= 4 is 33.8 Å². The largest absolute Gasteiger partial charge is 0.338 e. The summed E-state index contributed by atoms with van der Waals surface area (Å²) in [5.74, 6) is 0.735. The third-order valence-electron chi connectivity index (χ3n) is 3.55. The predicted molar refractivity (Wildman–Crippen MR) is 89.9 cm³/mol. The lowest BCUT2D eigenvalue weighted by atomic mass is 10.2. The number of nitrogens with one attached hydrogen (secondary N) is 1. The summed E-state index contributed by atoms with van der Waals surface area (Å²) < 4.78 is 0. The lowest BCUT2D eigenvalue weighted by Crippen LogP contribution is -1.92. The molecule has 2 aromatic carbocycles. The van der Waals surface area contributed by atoms with E-state index in [2.05, 4.69) is 26.2 Å². The summed E-state index contributed by atoms with van der Waals surface area (Å²) in [5.41, 5.74) is 4.34. The van der Waals surface area contributed by atoms with Gasteiger partial charge in [-0.25, -0.2) is 4.98 Å². The number of rotatable bonds is 3. The molecule has 4 aromatic rings. The molecule has 2 heterocycles. The normalized spacial score (nSPS) is 10.9. The lowest BCUT2D eigenvalue weighted by Gasteiger charge is -2.00. The van der Waals surface area contributed by atoms with Gasteiger partial charge in [-0.2, -0.15) is 5.26 Å². The quantitative estimate of drug-likeness (QED) is 0.583. The van der Waals surface area contributed by atoms with Crippen molar-refractivity contribution in [1.82, 2.24) is 20.2 Å². The highest BCUT2D eigenvalue weighted by Crippen LogP contribution is 2.24. The Morgan fingerprint density at radius 3 is 2.70 bits per heavy atom. The Bertz CT molecular complexity index is 1030. The van der Waals surface area contributed by atoms with Crippen LogP contribution in [0.5, 0.6) is 0 Å². The van der Waals surface area contributed by atoms with Gasteiger partial charge in [0.2, 0.25) is 5.16 Å². The maximum absolute atomic E-state index is 8.81. The van der Waals surface area contributed by atoms with Crippen molar-refractivity contribution in [2.75, 3.05) is 0 Å². The first-order valence-corrected chi connectivity index (χ1v) is 8.05. The number of fused-ring (bicyclic) bond motifs is 3. The average Bonchev–Trinajstić information content (AvgIpc) is 2.98. The van der Waals surface area contributed by atoms with Crippen LogP contribution in [-0.2, 0) is 5.75 Å². The topological polar surface area (TPSA) is 78.2 Å². The number of H-pyrrole nitrogens is 1. The molecular formula is C17H11N5S. The van der Waals surface area contributed by atoms with Crippen molar-refractivity contribution in [2.24, 2.45) is 0 Å². The Kier molecular flexibility index (Phi) is 3.41. The molecule has 0 saturated carbocycles. The fraction of sp³-hybridized carbons (Fsp3) is 0.0588. The van der Waals surface area contributed by atoms with Crippen LogP contribution in [0.4, 0.5) is 0 Å². The van der Waals surface area contributed by atoms with Crippen LogP contribution in [0.3, 0.4) is 0 Å². The number of hydrogen-bond acceptors (Lipinski definition) is 5. The summed E-state index contributed by atoms with van der Waals surface area (Å²) in [7, 11) is 0. The second-order valence-corrected chi connectivity index (χ2v) is 6.00. The van der Waals surface area contributed by atoms with E-state index < -0.39 is 0 Å². The SMILES string of the molecule is N#Cc1ccc(CSc2nnc3c(n2)[nH]c2ccccc23)cc1. The molecule has 0 radical (unpaired) electrons. The molecule has 0 aliphatic rings. The monoisotopic (exact) mass is 317 g/mol. The molecule has 4 rings (SSSR count). The minimum atomic E-state index is 0.633. The average molecular weight is 317 g/mol. The highest BCUT2D eigenvalue weighted by molar-refractivity contribution is 7.98. The highest BCUT2D eigenvalue weighted by Gasteiger charge is 2.09. The number of thioether (sulfide) groups is 1. The van der Waals surface area contributed by atoms with E-state index in [9.17, 15) is 0 Å². The van der Waals surface area contributed by atoms with Gasteiger partial charge in [0.15, 0.2) is 5.65 Å². The van der Waals surface area contributed by atoms with Crippen LogP contribution >= 0.6 is 11.8 Å². The van der Waals surface area contributed by atoms with E-state index in [1.54, 1.807) is 0 Å². The molecule has 0 spiro atoms. The number of hydrogen-bond donors (Lipinski definition) is 1. The van der Waals surface area contributed by atoms with Crippen molar-refractivity contribution in [1.29, 1.82) is 5.26 Å². The summed E-state index contributed by atoms with van der Waals surface area (Å²) in [5, 5.41) is 19.0. The van der Waals surface area contributed by atoms with Gasteiger partial charge in [0.05, 0.1) is 11.6 Å². The van der Waals surface area contributed by atoms with Gasteiger partial charge in [-0.15, -0.1) is 10.2 Å². The van der Waals surface area contributed by atoms with E-state index in [0.717, 1.165) is 33.4 Å². The Labute approximate surface area is 136 Å². The lowest BCUT2D eigenvalue weighted by molar-refractivity contribution is 0.878. The van der Waals surface area contributed by atoms with Gasteiger partial charge in [-0.05, 0) is 23.8 Å². The van der Waals surface area contributed by atoms with Crippen molar-refractivity contribution in [2.45, 2.75) is 10.9 Å². The van der Waals surface area contributed by atoms with E-state index in [1.807, 2.05) is 48.5 Å². The van der Waals surface area contributed by atoms with Gasteiger partial charge < -0.3 is 4.98 Å². The minimum absolute atomic E-state index is 0.633. The Morgan fingerprint density at radius 1 is 1.04 bits per heavy atom. The molecule has 5 nitrogen and oxygen atoms in total. The molecule has 6 heteroatoms. The fourth-order valence-electron chi connectivity index (χ4n) is 2.39. The number of benzene rings is 2. The number of aromatic nitrogens is 4. The molecule has 0 saturated heterocycles. The number of aromatic amines is 1. The second kappa shape index (κ2) is 5.71. The molecular weight excluding hydrogens is 306 g/mol. The molecule has 0 atom stereocenters.